The molecule has 0 unspecified atom stereocenters. The van der Waals surface area contributed by atoms with E-state index >= 15 is 0 Å². The van der Waals surface area contributed by atoms with E-state index in [9.17, 15) is 8.78 Å². The Balaban J connectivity index is 2.19. The number of rotatable bonds is 3. The van der Waals surface area contributed by atoms with Crippen molar-refractivity contribution in [2.45, 2.75) is 13.5 Å². The number of aryl methyl sites for hydroxylation is 1. The molecule has 0 amide bonds. The zero-order chi connectivity index (χ0) is 13.1. The average Bonchev–Trinajstić information content (AvgIpc) is 2.33. The normalized spacial score (nSPS) is 10.4. The summed E-state index contributed by atoms with van der Waals surface area (Å²) in [5.41, 5.74) is 1.97. The van der Waals surface area contributed by atoms with Gasteiger partial charge in [-0.2, -0.15) is 0 Å². The molecule has 0 aliphatic heterocycles. The summed E-state index contributed by atoms with van der Waals surface area (Å²) in [6.07, 6.45) is 0. The minimum Gasteiger partial charge on any atom is -0.379 e. The Bertz CT molecular complexity index is 549. The molecule has 0 aromatic heterocycles. The van der Waals surface area contributed by atoms with Gasteiger partial charge in [0.2, 0.25) is 0 Å². The summed E-state index contributed by atoms with van der Waals surface area (Å²) in [5.74, 6) is -0.891. The van der Waals surface area contributed by atoms with E-state index in [1.165, 1.54) is 6.07 Å². The van der Waals surface area contributed by atoms with E-state index in [-0.39, 0.29) is 12.1 Å². The molecule has 1 nitrogen and oxygen atoms in total. The highest BCUT2D eigenvalue weighted by Crippen LogP contribution is 2.26. The van der Waals surface area contributed by atoms with Crippen LogP contribution in [0, 0.1) is 18.6 Å². The smallest absolute Gasteiger partial charge is 0.128 e. The Morgan fingerprint density at radius 1 is 1.17 bits per heavy atom. The Morgan fingerprint density at radius 2 is 1.94 bits per heavy atom. The molecule has 0 heterocycles. The fraction of sp³-hybridized carbons (Fsp3) is 0.143. The monoisotopic (exact) mass is 267 g/mol. The van der Waals surface area contributed by atoms with E-state index in [1.54, 1.807) is 6.07 Å². The van der Waals surface area contributed by atoms with Crippen LogP contribution >= 0.6 is 11.6 Å². The Hall–Kier alpha value is -1.61. The molecule has 0 fully saturated rings. The van der Waals surface area contributed by atoms with Crippen molar-refractivity contribution in [3.63, 3.8) is 0 Å². The van der Waals surface area contributed by atoms with Crippen LogP contribution in [0.1, 0.15) is 11.1 Å². The molecule has 0 spiro atoms. The lowest BCUT2D eigenvalue weighted by Gasteiger charge is -2.12. The van der Waals surface area contributed by atoms with Gasteiger partial charge >= 0.3 is 0 Å². The molecule has 1 N–H and O–H groups in total. The lowest BCUT2D eigenvalue weighted by Crippen LogP contribution is -2.04. The van der Waals surface area contributed by atoms with Gasteiger partial charge in [-0.1, -0.05) is 23.7 Å². The van der Waals surface area contributed by atoms with Gasteiger partial charge < -0.3 is 5.32 Å². The highest BCUT2D eigenvalue weighted by Gasteiger charge is 2.06. The van der Waals surface area contributed by atoms with E-state index < -0.39 is 11.6 Å². The Kier molecular flexibility index (Phi) is 3.82. The van der Waals surface area contributed by atoms with Crippen molar-refractivity contribution < 1.29 is 8.78 Å². The second-order valence-electron chi connectivity index (χ2n) is 4.02. The summed E-state index contributed by atoms with van der Waals surface area (Å²) in [6, 6.07) is 8.88. The van der Waals surface area contributed by atoms with Crippen LogP contribution in [0.4, 0.5) is 14.5 Å². The third kappa shape index (κ3) is 2.79. The molecule has 94 valence electrons. The molecular weight excluding hydrogens is 256 g/mol. The van der Waals surface area contributed by atoms with E-state index in [2.05, 4.69) is 5.32 Å². The van der Waals surface area contributed by atoms with Gasteiger partial charge in [-0.15, -0.1) is 0 Å². The Labute approximate surface area is 109 Å². The van der Waals surface area contributed by atoms with E-state index in [0.717, 1.165) is 23.4 Å². The second kappa shape index (κ2) is 5.36. The average molecular weight is 268 g/mol. The van der Waals surface area contributed by atoms with Crippen LogP contribution in [0.3, 0.4) is 0 Å². The molecule has 0 saturated carbocycles. The summed E-state index contributed by atoms with van der Waals surface area (Å²) < 4.78 is 26.4. The predicted octanol–water partition coefficient (Wildman–Crippen LogP) is 4.54. The van der Waals surface area contributed by atoms with E-state index in [0.29, 0.717) is 5.02 Å². The van der Waals surface area contributed by atoms with Crippen molar-refractivity contribution in [2.24, 2.45) is 0 Å². The van der Waals surface area contributed by atoms with Crippen LogP contribution in [-0.2, 0) is 6.54 Å². The lowest BCUT2D eigenvalue weighted by atomic mass is 10.1. The SMILES string of the molecule is Cc1cccc(Cl)c1NCc1cc(F)ccc1F. The van der Waals surface area contributed by atoms with Crippen molar-refractivity contribution >= 4 is 17.3 Å². The highest BCUT2D eigenvalue weighted by molar-refractivity contribution is 6.33. The zero-order valence-electron chi connectivity index (χ0n) is 9.81. The van der Waals surface area contributed by atoms with Crippen molar-refractivity contribution in [2.75, 3.05) is 5.32 Å². The first-order chi connectivity index (χ1) is 8.58. The first-order valence-electron chi connectivity index (χ1n) is 5.51. The molecule has 2 aromatic rings. The molecule has 0 aliphatic rings. The Morgan fingerprint density at radius 3 is 2.67 bits per heavy atom. The molecule has 18 heavy (non-hydrogen) atoms. The van der Waals surface area contributed by atoms with Crippen molar-refractivity contribution in [3.05, 3.63) is 64.2 Å². The largest absolute Gasteiger partial charge is 0.379 e. The van der Waals surface area contributed by atoms with Crippen LogP contribution in [0.25, 0.3) is 0 Å². The maximum atomic E-state index is 13.4. The van der Waals surface area contributed by atoms with Gasteiger partial charge in [-0.25, -0.2) is 8.78 Å². The molecule has 2 rings (SSSR count). The maximum absolute atomic E-state index is 13.4. The predicted molar refractivity (Wildman–Crippen MR) is 69.9 cm³/mol. The van der Waals surface area contributed by atoms with Gasteiger partial charge in [0.15, 0.2) is 0 Å². The van der Waals surface area contributed by atoms with Crippen LogP contribution in [0.15, 0.2) is 36.4 Å². The summed E-state index contributed by atoms with van der Waals surface area (Å²) in [7, 11) is 0. The molecule has 0 aliphatic carbocycles. The standard InChI is InChI=1S/C14H12ClF2N/c1-9-3-2-4-12(15)14(9)18-8-10-7-11(16)5-6-13(10)17/h2-7,18H,8H2,1H3. The molecule has 0 atom stereocenters. The number of hydrogen-bond donors (Lipinski definition) is 1. The quantitative estimate of drug-likeness (QED) is 0.861. The zero-order valence-corrected chi connectivity index (χ0v) is 10.6. The molecule has 0 saturated heterocycles. The number of anilines is 1. The van der Waals surface area contributed by atoms with Crippen molar-refractivity contribution in [1.82, 2.24) is 0 Å². The third-order valence-electron chi connectivity index (χ3n) is 2.69. The van der Waals surface area contributed by atoms with Crippen LogP contribution < -0.4 is 5.32 Å². The number of nitrogens with one attached hydrogen (secondary N) is 1. The summed E-state index contributed by atoms with van der Waals surface area (Å²) in [5, 5.41) is 3.59. The molecule has 0 bridgehead atoms. The van der Waals surface area contributed by atoms with Gasteiger partial charge in [0, 0.05) is 12.1 Å². The minimum atomic E-state index is -0.455. The van der Waals surface area contributed by atoms with Crippen molar-refractivity contribution in [3.8, 4) is 0 Å². The summed E-state index contributed by atoms with van der Waals surface area (Å²) >= 11 is 6.04. The summed E-state index contributed by atoms with van der Waals surface area (Å²) in [6.45, 7) is 2.09. The molecular formula is C14H12ClF2N. The van der Waals surface area contributed by atoms with Gasteiger partial charge in [0.25, 0.3) is 0 Å². The highest BCUT2D eigenvalue weighted by atomic mass is 35.5. The topological polar surface area (TPSA) is 12.0 Å². The van der Waals surface area contributed by atoms with Crippen LogP contribution in [0.5, 0.6) is 0 Å². The van der Waals surface area contributed by atoms with E-state index in [4.69, 9.17) is 11.6 Å². The number of hydrogen-bond acceptors (Lipinski definition) is 1. The van der Waals surface area contributed by atoms with Gasteiger partial charge in [0.05, 0.1) is 10.7 Å². The van der Waals surface area contributed by atoms with Gasteiger partial charge in [0.1, 0.15) is 11.6 Å². The summed E-state index contributed by atoms with van der Waals surface area (Å²) in [4.78, 5) is 0. The van der Waals surface area contributed by atoms with Crippen LogP contribution in [0.2, 0.25) is 5.02 Å². The first kappa shape index (κ1) is 12.8. The maximum Gasteiger partial charge on any atom is 0.128 e. The van der Waals surface area contributed by atoms with Gasteiger partial charge in [-0.05, 0) is 36.8 Å². The number of para-hydroxylation sites is 1. The van der Waals surface area contributed by atoms with E-state index in [1.807, 2.05) is 19.1 Å². The van der Waals surface area contributed by atoms with Crippen LogP contribution in [-0.4, -0.2) is 0 Å². The van der Waals surface area contributed by atoms with Gasteiger partial charge in [-0.3, -0.25) is 0 Å². The first-order valence-corrected chi connectivity index (χ1v) is 5.88. The molecule has 2 aromatic carbocycles. The third-order valence-corrected chi connectivity index (χ3v) is 3.00. The number of halogens is 3. The molecule has 4 heteroatoms. The van der Waals surface area contributed by atoms with Crippen molar-refractivity contribution in [1.29, 1.82) is 0 Å². The fourth-order valence-corrected chi connectivity index (χ4v) is 2.01. The lowest BCUT2D eigenvalue weighted by molar-refractivity contribution is 0.587. The second-order valence-corrected chi connectivity index (χ2v) is 4.43. The molecule has 0 radical (unpaired) electrons. The number of benzene rings is 2. The fourth-order valence-electron chi connectivity index (χ4n) is 1.72. The minimum absolute atomic E-state index is 0.189.